The Morgan fingerprint density at radius 1 is 0.850 bits per heavy atom. The summed E-state index contributed by atoms with van der Waals surface area (Å²) in [6.07, 6.45) is 8.90. The molecule has 1 aliphatic carbocycles. The Balaban J connectivity index is 1.22. The second-order valence-corrected chi connectivity index (χ2v) is 15.8. The molecule has 1 heterocycles. The van der Waals surface area contributed by atoms with E-state index in [2.05, 4.69) is 77.4 Å². The third kappa shape index (κ3) is 11.3. The predicted octanol–water partition coefficient (Wildman–Crippen LogP) is 11.6. The van der Waals surface area contributed by atoms with Crippen molar-refractivity contribution in [3.63, 3.8) is 0 Å². The standard InChI is InChI=1S/C50H60F3N3O4/c1-7-11-34(27-46(54)40-29-45(36-16-17-36)49(59-6)48(31-40)58-5)33-56(41-18-20-43(21-19-41)60-50(51,52)53)42-22-24-55(25-23-42)32-35-14-10-15-37(26-35)39-28-38(12-8-2)44(13-9-3)47(30-39)57-4/h7,10-11,14-15,18-21,26-31,36,42H,1,8-9,12-13,16-17,22-25,32-33,54H2,2-6H3/b34-11+,46-27-. The molecule has 2 fully saturated rings. The molecular formula is C50H60F3N3O4. The van der Waals surface area contributed by atoms with Gasteiger partial charge in [0.1, 0.15) is 11.5 Å². The van der Waals surface area contributed by atoms with Gasteiger partial charge in [-0.2, -0.15) is 0 Å². The number of anilines is 1. The van der Waals surface area contributed by atoms with E-state index in [1.165, 1.54) is 39.9 Å². The Morgan fingerprint density at radius 2 is 1.57 bits per heavy atom. The molecule has 2 aliphatic rings. The quantitative estimate of drug-likeness (QED) is 0.0945. The molecule has 0 radical (unpaired) electrons. The lowest BCUT2D eigenvalue weighted by molar-refractivity contribution is -0.274. The Labute approximate surface area is 354 Å². The molecule has 320 valence electrons. The molecule has 1 saturated heterocycles. The number of nitrogens with two attached hydrogens (primary N) is 1. The zero-order chi connectivity index (χ0) is 42.8. The van der Waals surface area contributed by atoms with E-state index in [1.807, 2.05) is 18.2 Å². The van der Waals surface area contributed by atoms with Crippen molar-refractivity contribution in [3.8, 4) is 34.1 Å². The molecule has 1 aliphatic heterocycles. The Kier molecular flexibility index (Phi) is 14.9. The summed E-state index contributed by atoms with van der Waals surface area (Å²) in [5, 5.41) is 0. The second kappa shape index (κ2) is 20.3. The van der Waals surface area contributed by atoms with Crippen LogP contribution in [-0.2, 0) is 19.4 Å². The topological polar surface area (TPSA) is 69.4 Å². The van der Waals surface area contributed by atoms with Crippen LogP contribution in [-0.4, -0.2) is 58.3 Å². The third-order valence-electron chi connectivity index (χ3n) is 11.5. The number of halogens is 3. The minimum atomic E-state index is -4.77. The van der Waals surface area contributed by atoms with Crippen molar-refractivity contribution < 1.29 is 32.1 Å². The van der Waals surface area contributed by atoms with E-state index in [4.69, 9.17) is 19.9 Å². The fourth-order valence-corrected chi connectivity index (χ4v) is 8.48. The predicted molar refractivity (Wildman–Crippen MR) is 237 cm³/mol. The number of benzene rings is 4. The normalized spacial score (nSPS) is 15.5. The molecule has 2 N–H and O–H groups in total. The molecule has 7 nitrogen and oxygen atoms in total. The van der Waals surface area contributed by atoms with Gasteiger partial charge in [-0.05, 0) is 132 Å². The Hall–Kier alpha value is -5.35. The van der Waals surface area contributed by atoms with Crippen LogP contribution < -0.4 is 29.6 Å². The van der Waals surface area contributed by atoms with Gasteiger partial charge in [-0.15, -0.1) is 13.2 Å². The van der Waals surface area contributed by atoms with Gasteiger partial charge in [0.15, 0.2) is 11.5 Å². The van der Waals surface area contributed by atoms with Crippen LogP contribution in [0.4, 0.5) is 18.9 Å². The van der Waals surface area contributed by atoms with Gasteiger partial charge in [-0.1, -0.05) is 69.7 Å². The number of methoxy groups -OCH3 is 3. The summed E-state index contributed by atoms with van der Waals surface area (Å²) in [5.41, 5.74) is 17.3. The minimum absolute atomic E-state index is 0.110. The van der Waals surface area contributed by atoms with Crippen molar-refractivity contribution in [3.05, 3.63) is 131 Å². The van der Waals surface area contributed by atoms with E-state index in [1.54, 1.807) is 39.5 Å². The van der Waals surface area contributed by atoms with E-state index in [0.29, 0.717) is 23.9 Å². The van der Waals surface area contributed by atoms with Crippen LogP contribution in [0.5, 0.6) is 23.0 Å². The van der Waals surface area contributed by atoms with Crippen molar-refractivity contribution in [2.24, 2.45) is 5.73 Å². The first kappa shape index (κ1) is 44.2. The van der Waals surface area contributed by atoms with E-state index in [-0.39, 0.29) is 11.8 Å². The number of ether oxygens (including phenoxy) is 4. The fraction of sp³-hybridized carbons (Fsp3) is 0.400. The van der Waals surface area contributed by atoms with Gasteiger partial charge in [0.05, 0.1) is 21.3 Å². The average Bonchev–Trinajstić information content (AvgIpc) is 4.09. The van der Waals surface area contributed by atoms with Gasteiger partial charge in [0, 0.05) is 54.7 Å². The molecule has 0 atom stereocenters. The molecule has 1 saturated carbocycles. The molecule has 4 aromatic carbocycles. The number of aryl methyl sites for hydroxylation is 1. The van der Waals surface area contributed by atoms with Gasteiger partial charge >= 0.3 is 6.36 Å². The van der Waals surface area contributed by atoms with Crippen LogP contribution >= 0.6 is 0 Å². The SMILES string of the molecule is C=C/C=C(\C=C(/N)c1cc(OC)c(OC)c(C2CC2)c1)CN(c1ccc(OC(F)(F)F)cc1)C1CCN(Cc2cccc(-c3cc(CCC)c(CCC)c(OC)c3)c2)CC1. The largest absolute Gasteiger partial charge is 0.573 e. The maximum atomic E-state index is 13.1. The maximum Gasteiger partial charge on any atom is 0.573 e. The van der Waals surface area contributed by atoms with Crippen LogP contribution in [0.3, 0.4) is 0 Å². The van der Waals surface area contributed by atoms with Crippen LogP contribution in [0.1, 0.15) is 86.1 Å². The highest BCUT2D eigenvalue weighted by atomic mass is 19.4. The number of piperidine rings is 1. The Bertz CT molecular complexity index is 2130. The Morgan fingerprint density at radius 3 is 2.18 bits per heavy atom. The lowest BCUT2D eigenvalue weighted by Crippen LogP contribution is -2.45. The number of hydrogen-bond donors (Lipinski definition) is 1. The van der Waals surface area contributed by atoms with Crippen molar-refractivity contribution >= 4 is 11.4 Å². The molecule has 0 aromatic heterocycles. The lowest BCUT2D eigenvalue weighted by atomic mass is 9.93. The van der Waals surface area contributed by atoms with Crippen molar-refractivity contribution in [2.75, 3.05) is 45.9 Å². The van der Waals surface area contributed by atoms with Crippen molar-refractivity contribution in [1.82, 2.24) is 4.90 Å². The van der Waals surface area contributed by atoms with Crippen molar-refractivity contribution in [1.29, 1.82) is 0 Å². The van der Waals surface area contributed by atoms with Gasteiger partial charge in [0.2, 0.25) is 0 Å². The molecule has 0 bridgehead atoms. The van der Waals surface area contributed by atoms with Crippen LogP contribution in [0.25, 0.3) is 16.8 Å². The number of likely N-dealkylation sites (tertiary alicyclic amines) is 1. The van der Waals surface area contributed by atoms with Gasteiger partial charge in [-0.3, -0.25) is 4.90 Å². The zero-order valence-electron chi connectivity index (χ0n) is 35.7. The van der Waals surface area contributed by atoms with Crippen molar-refractivity contribution in [2.45, 2.75) is 90.1 Å². The number of allylic oxidation sites excluding steroid dienone is 2. The summed E-state index contributed by atoms with van der Waals surface area (Å²) in [5.74, 6) is 2.48. The highest BCUT2D eigenvalue weighted by Gasteiger charge is 2.32. The lowest BCUT2D eigenvalue weighted by Gasteiger charge is -2.40. The molecular weight excluding hydrogens is 764 g/mol. The monoisotopic (exact) mass is 823 g/mol. The smallest absolute Gasteiger partial charge is 0.496 e. The van der Waals surface area contributed by atoms with Crippen LogP contribution in [0, 0.1) is 0 Å². The number of nitrogens with zero attached hydrogens (tertiary/aromatic N) is 2. The first-order valence-corrected chi connectivity index (χ1v) is 21.2. The fourth-order valence-electron chi connectivity index (χ4n) is 8.48. The van der Waals surface area contributed by atoms with Gasteiger partial charge in [-0.25, -0.2) is 0 Å². The highest BCUT2D eigenvalue weighted by Crippen LogP contribution is 2.48. The van der Waals surface area contributed by atoms with E-state index < -0.39 is 6.36 Å². The average molecular weight is 824 g/mol. The molecule has 10 heteroatoms. The molecule has 0 amide bonds. The number of alkyl halides is 3. The molecule has 0 spiro atoms. The van der Waals surface area contributed by atoms with Crippen LogP contribution in [0.15, 0.2) is 103 Å². The van der Waals surface area contributed by atoms with E-state index in [0.717, 1.165) is 105 Å². The number of rotatable bonds is 19. The summed E-state index contributed by atoms with van der Waals surface area (Å²) in [6, 6.07) is 23.6. The molecule has 0 unspecified atom stereocenters. The zero-order valence-corrected chi connectivity index (χ0v) is 35.7. The summed E-state index contributed by atoms with van der Waals surface area (Å²) < 4.78 is 60.8. The summed E-state index contributed by atoms with van der Waals surface area (Å²) in [6.45, 7) is 11.4. The number of hydrogen-bond acceptors (Lipinski definition) is 7. The molecule has 60 heavy (non-hydrogen) atoms. The molecule has 4 aromatic rings. The third-order valence-corrected chi connectivity index (χ3v) is 11.5. The van der Waals surface area contributed by atoms with Gasteiger partial charge < -0.3 is 29.6 Å². The van der Waals surface area contributed by atoms with Crippen LogP contribution in [0.2, 0.25) is 0 Å². The minimum Gasteiger partial charge on any atom is -0.496 e. The summed E-state index contributed by atoms with van der Waals surface area (Å²) >= 11 is 0. The van der Waals surface area contributed by atoms with E-state index in [9.17, 15) is 13.2 Å². The molecule has 6 rings (SSSR count). The van der Waals surface area contributed by atoms with Gasteiger partial charge in [0.25, 0.3) is 0 Å². The maximum absolute atomic E-state index is 13.1. The summed E-state index contributed by atoms with van der Waals surface area (Å²) in [7, 11) is 5.04. The first-order chi connectivity index (χ1) is 29.0. The van der Waals surface area contributed by atoms with E-state index >= 15 is 0 Å². The summed E-state index contributed by atoms with van der Waals surface area (Å²) in [4.78, 5) is 4.75. The highest BCUT2D eigenvalue weighted by molar-refractivity contribution is 5.71. The first-order valence-electron chi connectivity index (χ1n) is 21.2. The second-order valence-electron chi connectivity index (χ2n) is 15.8.